The van der Waals surface area contributed by atoms with Crippen LogP contribution in [-0.2, 0) is 16.1 Å². The monoisotopic (exact) mass is 337 g/mol. The van der Waals surface area contributed by atoms with Crippen molar-refractivity contribution in [1.29, 1.82) is 0 Å². The van der Waals surface area contributed by atoms with Crippen molar-refractivity contribution in [3.63, 3.8) is 0 Å². The Hall–Kier alpha value is -2.86. The van der Waals surface area contributed by atoms with Crippen molar-refractivity contribution in [2.75, 3.05) is 18.5 Å². The number of carbonyl (C=O) groups excluding carboxylic acids is 1. The van der Waals surface area contributed by atoms with Gasteiger partial charge < -0.3 is 19.2 Å². The third-order valence-electron chi connectivity index (χ3n) is 4.22. The zero-order valence-electron chi connectivity index (χ0n) is 13.7. The van der Waals surface area contributed by atoms with Crippen molar-refractivity contribution in [3.8, 4) is 5.75 Å². The zero-order chi connectivity index (χ0) is 17.1. The second kappa shape index (κ2) is 6.94. The normalized spacial score (nSPS) is 16.9. The summed E-state index contributed by atoms with van der Waals surface area (Å²) in [5, 5.41) is 2.91. The summed E-state index contributed by atoms with van der Waals surface area (Å²) in [4.78, 5) is 16.6. The number of fused-ring (bicyclic) bond motifs is 1. The quantitative estimate of drug-likeness (QED) is 0.777. The number of anilines is 1. The molecule has 1 aliphatic rings. The average Bonchev–Trinajstić information content (AvgIpc) is 3.30. The van der Waals surface area contributed by atoms with E-state index in [-0.39, 0.29) is 11.8 Å². The number of pyridine rings is 1. The lowest BCUT2D eigenvalue weighted by atomic mass is 10.1. The number of hydrogen-bond acceptors (Lipinski definition) is 4. The molecule has 0 radical (unpaired) electrons. The lowest BCUT2D eigenvalue weighted by Gasteiger charge is -2.10. The highest BCUT2D eigenvalue weighted by atomic mass is 16.5. The number of imidazole rings is 1. The number of ether oxygens (including phenoxy) is 2. The summed E-state index contributed by atoms with van der Waals surface area (Å²) in [7, 11) is 0. The molecule has 25 heavy (non-hydrogen) atoms. The van der Waals surface area contributed by atoms with E-state index in [2.05, 4.69) is 10.3 Å². The molecule has 1 amide bonds. The van der Waals surface area contributed by atoms with Gasteiger partial charge in [-0.05, 0) is 42.8 Å². The number of rotatable bonds is 5. The van der Waals surface area contributed by atoms with Crippen molar-refractivity contribution in [2.45, 2.75) is 13.0 Å². The first-order valence-electron chi connectivity index (χ1n) is 8.32. The van der Waals surface area contributed by atoms with Crippen molar-refractivity contribution in [3.05, 3.63) is 60.6 Å². The lowest BCUT2D eigenvalue weighted by Crippen LogP contribution is -2.22. The number of benzene rings is 1. The van der Waals surface area contributed by atoms with Crippen LogP contribution in [0, 0.1) is 5.92 Å². The van der Waals surface area contributed by atoms with E-state index in [1.54, 1.807) is 0 Å². The highest BCUT2D eigenvalue weighted by molar-refractivity contribution is 5.92. The maximum Gasteiger partial charge on any atom is 0.229 e. The van der Waals surface area contributed by atoms with E-state index in [1.807, 2.05) is 59.3 Å². The standard InChI is InChI=1S/C19H19N3O3/c23-19(14-8-10-24-12-14)21-15-4-6-17(7-5-15)25-13-16-11-22-9-2-1-3-18(22)20-16/h1-7,9,11,14H,8,10,12-13H2,(H,21,23). The Morgan fingerprint density at radius 1 is 1.28 bits per heavy atom. The Bertz CT molecular complexity index is 834. The molecule has 1 fully saturated rings. The minimum atomic E-state index is -0.0500. The third-order valence-corrected chi connectivity index (χ3v) is 4.22. The van der Waals surface area contributed by atoms with Crippen LogP contribution in [0.4, 0.5) is 5.69 Å². The molecule has 0 saturated carbocycles. The van der Waals surface area contributed by atoms with E-state index >= 15 is 0 Å². The molecule has 0 aliphatic carbocycles. The molecule has 0 bridgehead atoms. The topological polar surface area (TPSA) is 64.9 Å². The van der Waals surface area contributed by atoms with Gasteiger partial charge in [-0.25, -0.2) is 4.98 Å². The largest absolute Gasteiger partial charge is 0.487 e. The summed E-state index contributed by atoms with van der Waals surface area (Å²) in [6, 6.07) is 13.2. The van der Waals surface area contributed by atoms with E-state index in [9.17, 15) is 4.79 Å². The van der Waals surface area contributed by atoms with Gasteiger partial charge in [-0.15, -0.1) is 0 Å². The molecular weight excluding hydrogens is 318 g/mol. The Kier molecular flexibility index (Phi) is 4.35. The molecule has 6 heteroatoms. The predicted octanol–water partition coefficient (Wildman–Crippen LogP) is 2.89. The summed E-state index contributed by atoms with van der Waals surface area (Å²) >= 11 is 0. The number of nitrogens with zero attached hydrogens (tertiary/aromatic N) is 2. The first kappa shape index (κ1) is 15.7. The molecule has 1 aliphatic heterocycles. The van der Waals surface area contributed by atoms with Crippen molar-refractivity contribution in [2.24, 2.45) is 5.92 Å². The molecule has 1 N–H and O–H groups in total. The van der Waals surface area contributed by atoms with Gasteiger partial charge in [0.2, 0.25) is 5.91 Å². The Labute approximate surface area is 145 Å². The van der Waals surface area contributed by atoms with E-state index < -0.39 is 0 Å². The fourth-order valence-corrected chi connectivity index (χ4v) is 2.83. The maximum absolute atomic E-state index is 12.1. The molecular formula is C19H19N3O3. The number of aromatic nitrogens is 2. The Morgan fingerprint density at radius 3 is 2.92 bits per heavy atom. The molecule has 1 atom stereocenters. The summed E-state index contributed by atoms with van der Waals surface area (Å²) in [6.07, 6.45) is 4.69. The van der Waals surface area contributed by atoms with Gasteiger partial charge in [0.05, 0.1) is 18.2 Å². The first-order valence-corrected chi connectivity index (χ1v) is 8.32. The summed E-state index contributed by atoms with van der Waals surface area (Å²) in [5.74, 6) is 0.695. The van der Waals surface area contributed by atoms with Crippen LogP contribution in [0.3, 0.4) is 0 Å². The van der Waals surface area contributed by atoms with Crippen LogP contribution < -0.4 is 10.1 Å². The second-order valence-electron chi connectivity index (χ2n) is 6.06. The van der Waals surface area contributed by atoms with E-state index in [0.29, 0.717) is 19.8 Å². The van der Waals surface area contributed by atoms with Crippen LogP contribution in [0.25, 0.3) is 5.65 Å². The van der Waals surface area contributed by atoms with Crippen molar-refractivity contribution >= 4 is 17.2 Å². The van der Waals surface area contributed by atoms with E-state index in [0.717, 1.165) is 29.2 Å². The van der Waals surface area contributed by atoms with Gasteiger partial charge in [-0.3, -0.25) is 4.79 Å². The van der Waals surface area contributed by atoms with Crippen LogP contribution in [0.5, 0.6) is 5.75 Å². The summed E-state index contributed by atoms with van der Waals surface area (Å²) in [6.45, 7) is 1.56. The number of nitrogens with one attached hydrogen (secondary N) is 1. The molecule has 3 heterocycles. The molecule has 3 aromatic rings. The van der Waals surface area contributed by atoms with Gasteiger partial charge >= 0.3 is 0 Å². The SMILES string of the molecule is O=C(Nc1ccc(OCc2cn3ccccc3n2)cc1)C1CCOC1. The van der Waals surface area contributed by atoms with Gasteiger partial charge in [-0.2, -0.15) is 0 Å². The predicted molar refractivity (Wildman–Crippen MR) is 93.5 cm³/mol. The minimum Gasteiger partial charge on any atom is -0.487 e. The minimum absolute atomic E-state index is 0.0101. The molecule has 128 valence electrons. The smallest absolute Gasteiger partial charge is 0.229 e. The molecule has 6 nitrogen and oxygen atoms in total. The number of amides is 1. The lowest BCUT2D eigenvalue weighted by molar-refractivity contribution is -0.119. The van der Waals surface area contributed by atoms with Crippen LogP contribution in [-0.4, -0.2) is 28.5 Å². The summed E-state index contributed by atoms with van der Waals surface area (Å²) < 4.78 is 13.0. The number of hydrogen-bond donors (Lipinski definition) is 1. The van der Waals surface area contributed by atoms with Gasteiger partial charge in [0, 0.05) is 24.7 Å². The maximum atomic E-state index is 12.1. The molecule has 4 rings (SSSR count). The third kappa shape index (κ3) is 3.64. The van der Waals surface area contributed by atoms with Gasteiger partial charge in [0.1, 0.15) is 18.0 Å². The fraction of sp³-hybridized carbons (Fsp3) is 0.263. The Balaban J connectivity index is 1.34. The highest BCUT2D eigenvalue weighted by Crippen LogP contribution is 2.19. The molecule has 1 aromatic carbocycles. The van der Waals surface area contributed by atoms with Crippen LogP contribution in [0.15, 0.2) is 54.9 Å². The molecule has 1 saturated heterocycles. The van der Waals surface area contributed by atoms with Gasteiger partial charge in [0.25, 0.3) is 0 Å². The van der Waals surface area contributed by atoms with Crippen LogP contribution in [0.1, 0.15) is 12.1 Å². The first-order chi connectivity index (χ1) is 12.3. The molecule has 0 spiro atoms. The highest BCUT2D eigenvalue weighted by Gasteiger charge is 2.23. The fourth-order valence-electron chi connectivity index (χ4n) is 2.83. The molecule has 1 unspecified atom stereocenters. The average molecular weight is 337 g/mol. The van der Waals surface area contributed by atoms with Crippen LogP contribution >= 0.6 is 0 Å². The zero-order valence-corrected chi connectivity index (χ0v) is 13.7. The van der Waals surface area contributed by atoms with E-state index in [1.165, 1.54) is 0 Å². The van der Waals surface area contributed by atoms with Crippen molar-refractivity contribution < 1.29 is 14.3 Å². The summed E-state index contributed by atoms with van der Waals surface area (Å²) in [5.41, 5.74) is 2.52. The number of carbonyl (C=O) groups is 1. The van der Waals surface area contributed by atoms with E-state index in [4.69, 9.17) is 9.47 Å². The van der Waals surface area contributed by atoms with Crippen LogP contribution in [0.2, 0.25) is 0 Å². The van der Waals surface area contributed by atoms with Gasteiger partial charge in [-0.1, -0.05) is 6.07 Å². The second-order valence-corrected chi connectivity index (χ2v) is 6.06. The van der Waals surface area contributed by atoms with Crippen molar-refractivity contribution in [1.82, 2.24) is 9.38 Å². The molecule has 2 aromatic heterocycles. The van der Waals surface area contributed by atoms with Gasteiger partial charge in [0.15, 0.2) is 0 Å². The Morgan fingerprint density at radius 2 is 2.16 bits per heavy atom.